The van der Waals surface area contributed by atoms with Crippen molar-refractivity contribution in [2.24, 2.45) is 0 Å². The summed E-state index contributed by atoms with van der Waals surface area (Å²) in [6.45, 7) is 1.94. The number of hydrogen-bond acceptors (Lipinski definition) is 3. The Hall–Kier alpha value is -2.62. The van der Waals surface area contributed by atoms with Crippen LogP contribution in [0.1, 0.15) is 5.56 Å². The van der Waals surface area contributed by atoms with Crippen molar-refractivity contribution in [1.29, 1.82) is 0 Å². The molecule has 0 aliphatic rings. The van der Waals surface area contributed by atoms with Gasteiger partial charge in [-0.1, -0.05) is 24.3 Å². The second-order valence-electron chi connectivity index (χ2n) is 4.36. The van der Waals surface area contributed by atoms with Gasteiger partial charge in [-0.05, 0) is 30.7 Å². The molecule has 3 rings (SSSR count). The fourth-order valence-corrected chi connectivity index (χ4v) is 1.99. The van der Waals surface area contributed by atoms with Crippen LogP contribution in [0.25, 0.3) is 5.65 Å². The van der Waals surface area contributed by atoms with E-state index in [0.717, 1.165) is 11.3 Å². The Morgan fingerprint density at radius 2 is 1.89 bits per heavy atom. The molecule has 94 valence electrons. The Morgan fingerprint density at radius 1 is 1.11 bits per heavy atom. The van der Waals surface area contributed by atoms with Crippen molar-refractivity contribution in [1.82, 2.24) is 9.38 Å². The van der Waals surface area contributed by atoms with Crippen LogP contribution in [0.4, 0.5) is 11.5 Å². The number of para-hydroxylation sites is 1. The summed E-state index contributed by atoms with van der Waals surface area (Å²) in [5.41, 5.74) is 2.46. The lowest BCUT2D eigenvalue weighted by Gasteiger charge is -2.08. The van der Waals surface area contributed by atoms with Crippen LogP contribution < -0.4 is 10.9 Å². The number of rotatable bonds is 2. The van der Waals surface area contributed by atoms with Crippen molar-refractivity contribution in [2.45, 2.75) is 6.92 Å². The third-order valence-corrected chi connectivity index (χ3v) is 2.93. The molecule has 0 saturated carbocycles. The normalized spacial score (nSPS) is 10.6. The standard InChI is InChI=1S/C15H13N3O/c1-11-6-5-9-18-14(19)10-13(17-15(11)18)16-12-7-3-2-4-8-12/h2-10,16H,1H3. The molecule has 0 aliphatic carbocycles. The number of nitrogens with one attached hydrogen (secondary N) is 1. The molecular formula is C15H13N3O. The molecule has 0 spiro atoms. The van der Waals surface area contributed by atoms with E-state index in [1.165, 1.54) is 6.07 Å². The first-order valence-electron chi connectivity index (χ1n) is 6.05. The molecule has 19 heavy (non-hydrogen) atoms. The van der Waals surface area contributed by atoms with E-state index in [1.54, 1.807) is 10.6 Å². The molecular weight excluding hydrogens is 238 g/mol. The van der Waals surface area contributed by atoms with Crippen LogP contribution in [-0.4, -0.2) is 9.38 Å². The molecule has 0 radical (unpaired) electrons. The molecule has 2 aromatic heterocycles. The highest BCUT2D eigenvalue weighted by atomic mass is 16.1. The average Bonchev–Trinajstić information content (AvgIpc) is 2.41. The maximum absolute atomic E-state index is 12.0. The number of hydrogen-bond donors (Lipinski definition) is 1. The topological polar surface area (TPSA) is 46.4 Å². The highest BCUT2D eigenvalue weighted by Crippen LogP contribution is 2.14. The summed E-state index contributed by atoms with van der Waals surface area (Å²) in [6, 6.07) is 15.0. The first kappa shape index (κ1) is 11.5. The smallest absolute Gasteiger partial charge is 0.259 e. The van der Waals surface area contributed by atoms with Crippen molar-refractivity contribution >= 4 is 17.2 Å². The second kappa shape index (κ2) is 4.57. The van der Waals surface area contributed by atoms with Crippen molar-refractivity contribution < 1.29 is 0 Å². The number of benzene rings is 1. The Morgan fingerprint density at radius 3 is 2.68 bits per heavy atom. The van der Waals surface area contributed by atoms with E-state index in [-0.39, 0.29) is 5.56 Å². The fourth-order valence-electron chi connectivity index (χ4n) is 1.99. The van der Waals surface area contributed by atoms with E-state index in [2.05, 4.69) is 10.3 Å². The molecule has 0 saturated heterocycles. The van der Waals surface area contributed by atoms with Gasteiger partial charge in [0.05, 0.1) is 0 Å². The van der Waals surface area contributed by atoms with Crippen LogP contribution in [0.3, 0.4) is 0 Å². The van der Waals surface area contributed by atoms with E-state index in [1.807, 2.05) is 49.4 Å². The molecule has 0 atom stereocenters. The average molecular weight is 251 g/mol. The molecule has 0 bridgehead atoms. The lowest BCUT2D eigenvalue weighted by atomic mass is 10.3. The monoisotopic (exact) mass is 251 g/mol. The summed E-state index contributed by atoms with van der Waals surface area (Å²) >= 11 is 0. The summed E-state index contributed by atoms with van der Waals surface area (Å²) in [4.78, 5) is 16.5. The Labute approximate surface area is 110 Å². The maximum Gasteiger partial charge on any atom is 0.259 e. The van der Waals surface area contributed by atoms with Crippen molar-refractivity contribution in [2.75, 3.05) is 5.32 Å². The van der Waals surface area contributed by atoms with Gasteiger partial charge in [-0.15, -0.1) is 0 Å². The summed E-state index contributed by atoms with van der Waals surface area (Å²) in [7, 11) is 0. The van der Waals surface area contributed by atoms with Gasteiger partial charge in [-0.2, -0.15) is 0 Å². The minimum Gasteiger partial charge on any atom is -0.340 e. The summed E-state index contributed by atoms with van der Waals surface area (Å²) < 4.78 is 1.55. The predicted octanol–water partition coefficient (Wildman–Crippen LogP) is 2.75. The Bertz CT molecular complexity index is 778. The van der Waals surface area contributed by atoms with Gasteiger partial charge < -0.3 is 5.32 Å². The van der Waals surface area contributed by atoms with Crippen molar-refractivity contribution in [3.8, 4) is 0 Å². The number of aryl methyl sites for hydroxylation is 1. The number of anilines is 2. The van der Waals surface area contributed by atoms with Gasteiger partial charge in [-0.3, -0.25) is 9.20 Å². The number of fused-ring (bicyclic) bond motifs is 1. The zero-order valence-corrected chi connectivity index (χ0v) is 10.5. The molecule has 1 N–H and O–H groups in total. The summed E-state index contributed by atoms with van der Waals surface area (Å²) in [5.74, 6) is 0.561. The maximum atomic E-state index is 12.0. The molecule has 4 heteroatoms. The third-order valence-electron chi connectivity index (χ3n) is 2.93. The van der Waals surface area contributed by atoms with Gasteiger partial charge in [-0.25, -0.2) is 4.98 Å². The van der Waals surface area contributed by atoms with Gasteiger partial charge in [0.1, 0.15) is 11.5 Å². The van der Waals surface area contributed by atoms with Gasteiger partial charge in [0.25, 0.3) is 5.56 Å². The van der Waals surface area contributed by atoms with Crippen molar-refractivity contribution in [3.63, 3.8) is 0 Å². The van der Waals surface area contributed by atoms with E-state index in [4.69, 9.17) is 0 Å². The van der Waals surface area contributed by atoms with E-state index in [9.17, 15) is 4.79 Å². The number of aromatic nitrogens is 2. The van der Waals surface area contributed by atoms with Crippen molar-refractivity contribution in [3.05, 3.63) is 70.6 Å². The van der Waals surface area contributed by atoms with Crippen LogP contribution in [0.2, 0.25) is 0 Å². The van der Waals surface area contributed by atoms with E-state index in [0.29, 0.717) is 11.5 Å². The largest absolute Gasteiger partial charge is 0.340 e. The Balaban J connectivity index is 2.11. The zero-order chi connectivity index (χ0) is 13.2. The number of nitrogens with zero attached hydrogens (tertiary/aromatic N) is 2. The highest BCUT2D eigenvalue weighted by molar-refractivity contribution is 5.59. The van der Waals surface area contributed by atoms with E-state index >= 15 is 0 Å². The van der Waals surface area contributed by atoms with Crippen LogP contribution in [0, 0.1) is 6.92 Å². The quantitative estimate of drug-likeness (QED) is 0.761. The number of pyridine rings is 1. The molecule has 0 unspecified atom stereocenters. The van der Waals surface area contributed by atoms with Crippen LogP contribution in [0.5, 0.6) is 0 Å². The Kier molecular flexibility index (Phi) is 2.76. The summed E-state index contributed by atoms with van der Waals surface area (Å²) in [5, 5.41) is 3.14. The van der Waals surface area contributed by atoms with Crippen LogP contribution >= 0.6 is 0 Å². The first-order chi connectivity index (χ1) is 9.24. The van der Waals surface area contributed by atoms with Crippen LogP contribution in [-0.2, 0) is 0 Å². The third kappa shape index (κ3) is 2.20. The lowest BCUT2D eigenvalue weighted by molar-refractivity contribution is 1.03. The van der Waals surface area contributed by atoms with Gasteiger partial charge in [0, 0.05) is 18.0 Å². The molecule has 4 nitrogen and oxygen atoms in total. The second-order valence-corrected chi connectivity index (χ2v) is 4.36. The van der Waals surface area contributed by atoms with Gasteiger partial charge in [0.2, 0.25) is 0 Å². The van der Waals surface area contributed by atoms with Crippen LogP contribution in [0.15, 0.2) is 59.5 Å². The fraction of sp³-hybridized carbons (Fsp3) is 0.0667. The summed E-state index contributed by atoms with van der Waals surface area (Å²) in [6.07, 6.45) is 1.73. The minimum atomic E-state index is -0.0906. The lowest BCUT2D eigenvalue weighted by Crippen LogP contribution is -2.15. The minimum absolute atomic E-state index is 0.0906. The van der Waals surface area contributed by atoms with Gasteiger partial charge in [0.15, 0.2) is 0 Å². The first-order valence-corrected chi connectivity index (χ1v) is 6.05. The van der Waals surface area contributed by atoms with E-state index < -0.39 is 0 Å². The molecule has 0 aliphatic heterocycles. The molecule has 3 aromatic rings. The molecule has 0 fully saturated rings. The van der Waals surface area contributed by atoms with Gasteiger partial charge >= 0.3 is 0 Å². The SMILES string of the molecule is Cc1cccn2c(=O)cc(Nc3ccccc3)nc12. The predicted molar refractivity (Wildman–Crippen MR) is 75.9 cm³/mol. The molecule has 1 aromatic carbocycles. The zero-order valence-electron chi connectivity index (χ0n) is 10.5. The highest BCUT2D eigenvalue weighted by Gasteiger charge is 2.04. The molecule has 2 heterocycles. The molecule has 0 amide bonds.